The van der Waals surface area contributed by atoms with Crippen molar-refractivity contribution in [3.05, 3.63) is 26.6 Å². The lowest BCUT2D eigenvalue weighted by Gasteiger charge is -2.33. The van der Waals surface area contributed by atoms with Gasteiger partial charge >= 0.3 is 0 Å². The van der Waals surface area contributed by atoms with Crippen LogP contribution in [-0.4, -0.2) is 18.6 Å². The summed E-state index contributed by atoms with van der Waals surface area (Å²) in [7, 11) is 0. The van der Waals surface area contributed by atoms with Crippen LogP contribution in [-0.2, 0) is 0 Å². The highest BCUT2D eigenvalue weighted by atomic mass is 79.9. The van der Waals surface area contributed by atoms with Crippen LogP contribution in [0.1, 0.15) is 44.1 Å². The van der Waals surface area contributed by atoms with Crippen molar-refractivity contribution in [3.8, 4) is 0 Å². The molecule has 1 heterocycles. The quantitative estimate of drug-likeness (QED) is 0.704. The molecular weight excluding hydrogens is 392 g/mol. The smallest absolute Gasteiger partial charge is 0.0631 e. The van der Waals surface area contributed by atoms with E-state index in [1.807, 2.05) is 0 Å². The zero-order valence-corrected chi connectivity index (χ0v) is 15.8. The fourth-order valence-electron chi connectivity index (χ4n) is 3.92. The minimum absolute atomic E-state index is 0.593. The van der Waals surface area contributed by atoms with Crippen molar-refractivity contribution < 1.29 is 0 Å². The predicted molar refractivity (Wildman–Crippen MR) is 97.0 cm³/mol. The van der Waals surface area contributed by atoms with Crippen LogP contribution in [0, 0.1) is 12.8 Å². The second-order valence-electron chi connectivity index (χ2n) is 6.51. The summed E-state index contributed by atoms with van der Waals surface area (Å²) in [4.78, 5) is 0. The Bertz CT molecular complexity index is 475. The number of rotatable bonds is 3. The van der Waals surface area contributed by atoms with Crippen LogP contribution in [0.5, 0.6) is 0 Å². The molecule has 2 fully saturated rings. The third kappa shape index (κ3) is 3.65. The molecule has 1 aliphatic carbocycles. The summed E-state index contributed by atoms with van der Waals surface area (Å²) in [6.07, 6.45) is 8.07. The second kappa shape index (κ2) is 7.01. The molecule has 1 aliphatic heterocycles. The van der Waals surface area contributed by atoms with E-state index in [0.29, 0.717) is 12.1 Å². The summed E-state index contributed by atoms with van der Waals surface area (Å²) >= 11 is 7.43. The molecule has 3 unspecified atom stereocenters. The molecule has 3 rings (SSSR count). The minimum atomic E-state index is 0.593. The standard InChI is InChI=1S/C17H24Br2N2/c1-11-9-13(18)17(14(19)10-11)21-16-7-4-5-12(16)15-6-2-3-8-20-15/h9-10,12,15-16,20-21H,2-8H2,1H3. The van der Waals surface area contributed by atoms with E-state index >= 15 is 0 Å². The molecule has 0 bridgehead atoms. The minimum Gasteiger partial charge on any atom is -0.380 e. The van der Waals surface area contributed by atoms with E-state index < -0.39 is 0 Å². The Morgan fingerprint density at radius 2 is 1.81 bits per heavy atom. The molecule has 1 saturated carbocycles. The molecule has 3 atom stereocenters. The van der Waals surface area contributed by atoms with E-state index in [1.54, 1.807) is 0 Å². The molecular formula is C17H24Br2N2. The Morgan fingerprint density at radius 3 is 2.48 bits per heavy atom. The molecule has 1 aromatic carbocycles. The van der Waals surface area contributed by atoms with Gasteiger partial charge in [0.25, 0.3) is 0 Å². The van der Waals surface area contributed by atoms with Crippen LogP contribution in [0.25, 0.3) is 0 Å². The van der Waals surface area contributed by atoms with Crippen LogP contribution in [0.3, 0.4) is 0 Å². The van der Waals surface area contributed by atoms with Gasteiger partial charge in [-0.05, 0) is 94.6 Å². The zero-order chi connectivity index (χ0) is 14.8. The lowest BCUT2D eigenvalue weighted by molar-refractivity contribution is 0.286. The normalized spacial score (nSPS) is 29.6. The molecule has 21 heavy (non-hydrogen) atoms. The highest BCUT2D eigenvalue weighted by Crippen LogP contribution is 2.38. The van der Waals surface area contributed by atoms with Gasteiger partial charge in [-0.3, -0.25) is 0 Å². The number of benzene rings is 1. The maximum atomic E-state index is 3.82. The Labute approximate surface area is 144 Å². The summed E-state index contributed by atoms with van der Waals surface area (Å²) in [5.41, 5.74) is 2.49. The highest BCUT2D eigenvalue weighted by Gasteiger charge is 2.34. The maximum absolute atomic E-state index is 3.82. The highest BCUT2D eigenvalue weighted by molar-refractivity contribution is 9.11. The van der Waals surface area contributed by atoms with Crippen molar-refractivity contribution in [2.24, 2.45) is 5.92 Å². The zero-order valence-electron chi connectivity index (χ0n) is 12.6. The average molecular weight is 416 g/mol. The summed E-state index contributed by atoms with van der Waals surface area (Å²) in [6, 6.07) is 5.68. The molecule has 1 saturated heterocycles. The van der Waals surface area contributed by atoms with E-state index in [-0.39, 0.29) is 0 Å². The SMILES string of the molecule is Cc1cc(Br)c(NC2CCCC2C2CCCCN2)c(Br)c1. The van der Waals surface area contributed by atoms with Gasteiger partial charge in [-0.1, -0.05) is 12.8 Å². The van der Waals surface area contributed by atoms with Gasteiger partial charge in [0.1, 0.15) is 0 Å². The van der Waals surface area contributed by atoms with Crippen LogP contribution < -0.4 is 10.6 Å². The molecule has 1 aromatic rings. The van der Waals surface area contributed by atoms with Crippen molar-refractivity contribution >= 4 is 37.5 Å². The van der Waals surface area contributed by atoms with Crippen LogP contribution >= 0.6 is 31.9 Å². The average Bonchev–Trinajstić information content (AvgIpc) is 2.92. The van der Waals surface area contributed by atoms with Gasteiger partial charge in [0, 0.05) is 21.0 Å². The Balaban J connectivity index is 1.74. The van der Waals surface area contributed by atoms with Crippen LogP contribution in [0.2, 0.25) is 0 Å². The summed E-state index contributed by atoms with van der Waals surface area (Å²) in [5, 5.41) is 7.57. The molecule has 2 aliphatic rings. The van der Waals surface area contributed by atoms with Crippen molar-refractivity contribution in [2.75, 3.05) is 11.9 Å². The van der Waals surface area contributed by atoms with Crippen molar-refractivity contribution in [3.63, 3.8) is 0 Å². The third-order valence-electron chi connectivity index (χ3n) is 4.95. The van der Waals surface area contributed by atoms with Gasteiger partial charge < -0.3 is 10.6 Å². The van der Waals surface area contributed by atoms with E-state index in [0.717, 1.165) is 14.9 Å². The molecule has 0 aromatic heterocycles. The van der Waals surface area contributed by atoms with Gasteiger partial charge in [0.2, 0.25) is 0 Å². The molecule has 0 spiro atoms. The van der Waals surface area contributed by atoms with E-state index in [4.69, 9.17) is 0 Å². The molecule has 2 nitrogen and oxygen atoms in total. The van der Waals surface area contributed by atoms with E-state index in [1.165, 1.54) is 56.3 Å². The first-order valence-corrected chi connectivity index (χ1v) is 9.69. The van der Waals surface area contributed by atoms with Crippen molar-refractivity contribution in [1.82, 2.24) is 5.32 Å². The summed E-state index contributed by atoms with van der Waals surface area (Å²) < 4.78 is 2.33. The number of anilines is 1. The van der Waals surface area contributed by atoms with Crippen molar-refractivity contribution in [2.45, 2.75) is 57.5 Å². The van der Waals surface area contributed by atoms with Gasteiger partial charge in [-0.2, -0.15) is 0 Å². The van der Waals surface area contributed by atoms with Crippen LogP contribution in [0.15, 0.2) is 21.1 Å². The predicted octanol–water partition coefficient (Wildman–Crippen LogP) is 5.24. The van der Waals surface area contributed by atoms with Gasteiger partial charge in [-0.15, -0.1) is 0 Å². The molecule has 0 radical (unpaired) electrons. The number of hydrogen-bond acceptors (Lipinski definition) is 2. The fourth-order valence-corrected chi connectivity index (χ4v) is 5.56. The number of hydrogen-bond donors (Lipinski definition) is 2. The topological polar surface area (TPSA) is 24.1 Å². The second-order valence-corrected chi connectivity index (χ2v) is 8.21. The molecule has 4 heteroatoms. The third-order valence-corrected chi connectivity index (χ3v) is 6.20. The first-order chi connectivity index (χ1) is 10.1. The summed E-state index contributed by atoms with van der Waals surface area (Å²) in [6.45, 7) is 3.33. The molecule has 0 amide bonds. The van der Waals surface area contributed by atoms with Crippen molar-refractivity contribution in [1.29, 1.82) is 0 Å². The van der Waals surface area contributed by atoms with Crippen LogP contribution in [0.4, 0.5) is 5.69 Å². The lowest BCUT2D eigenvalue weighted by Crippen LogP contribution is -2.44. The molecule has 2 N–H and O–H groups in total. The maximum Gasteiger partial charge on any atom is 0.0631 e. The Kier molecular flexibility index (Phi) is 5.28. The molecule has 116 valence electrons. The Hall–Kier alpha value is -0.0600. The monoisotopic (exact) mass is 414 g/mol. The first kappa shape index (κ1) is 15.8. The van der Waals surface area contributed by atoms with Gasteiger partial charge in [-0.25, -0.2) is 0 Å². The number of nitrogens with one attached hydrogen (secondary N) is 2. The van der Waals surface area contributed by atoms with Gasteiger partial charge in [0.15, 0.2) is 0 Å². The van der Waals surface area contributed by atoms with E-state index in [2.05, 4.69) is 61.5 Å². The number of piperidine rings is 1. The van der Waals surface area contributed by atoms with E-state index in [9.17, 15) is 0 Å². The Morgan fingerprint density at radius 1 is 1.05 bits per heavy atom. The first-order valence-electron chi connectivity index (χ1n) is 8.10. The van der Waals surface area contributed by atoms with Gasteiger partial charge in [0.05, 0.1) is 5.69 Å². The number of halogens is 2. The summed E-state index contributed by atoms with van der Waals surface area (Å²) in [5.74, 6) is 0.769. The number of aryl methyl sites for hydroxylation is 1. The fraction of sp³-hybridized carbons (Fsp3) is 0.647. The largest absolute Gasteiger partial charge is 0.380 e. The lowest BCUT2D eigenvalue weighted by atomic mass is 9.88.